The van der Waals surface area contributed by atoms with E-state index in [2.05, 4.69) is 24.1 Å². The van der Waals surface area contributed by atoms with Crippen molar-refractivity contribution in [2.75, 3.05) is 32.8 Å². The summed E-state index contributed by atoms with van der Waals surface area (Å²) in [5, 5.41) is 6.12. The number of hydrogen-bond acceptors (Lipinski definition) is 3. The van der Waals surface area contributed by atoms with Crippen LogP contribution in [0.4, 0.5) is 0 Å². The Labute approximate surface area is 97.4 Å². The summed E-state index contributed by atoms with van der Waals surface area (Å²) in [7, 11) is 0. The van der Waals surface area contributed by atoms with Crippen LogP contribution in [0.5, 0.6) is 0 Å². The highest BCUT2D eigenvalue weighted by Gasteiger charge is 2.28. The van der Waals surface area contributed by atoms with Crippen LogP contribution in [0, 0.1) is 11.8 Å². The number of ether oxygens (including phenoxy) is 1. The summed E-state index contributed by atoms with van der Waals surface area (Å²) in [6.45, 7) is 9.30. The van der Waals surface area contributed by atoms with E-state index in [4.69, 9.17) is 4.74 Å². The van der Waals surface area contributed by atoms with Crippen molar-refractivity contribution in [3.8, 4) is 0 Å². The fraction of sp³-hybridized carbons (Fsp3) is 0.750. The molecule has 4 heteroatoms. The molecule has 0 bridgehead atoms. The Morgan fingerprint density at radius 2 is 2.38 bits per heavy atom. The van der Waals surface area contributed by atoms with Crippen molar-refractivity contribution in [2.24, 2.45) is 11.8 Å². The molecule has 0 aromatic rings. The van der Waals surface area contributed by atoms with E-state index in [1.807, 2.05) is 6.08 Å². The van der Waals surface area contributed by atoms with Gasteiger partial charge in [-0.05, 0) is 18.9 Å². The first-order chi connectivity index (χ1) is 7.75. The molecule has 0 saturated carbocycles. The Kier molecular flexibility index (Phi) is 6.11. The first kappa shape index (κ1) is 13.2. The molecule has 92 valence electrons. The SMILES string of the molecule is C=CCCOCCNC(=O)C1CNCC1C. The van der Waals surface area contributed by atoms with Crippen LogP contribution in [-0.2, 0) is 9.53 Å². The second kappa shape index (κ2) is 7.41. The molecule has 1 fully saturated rings. The van der Waals surface area contributed by atoms with Crippen molar-refractivity contribution in [3.63, 3.8) is 0 Å². The number of nitrogens with one attached hydrogen (secondary N) is 2. The minimum Gasteiger partial charge on any atom is -0.379 e. The molecule has 1 heterocycles. The molecule has 16 heavy (non-hydrogen) atoms. The quantitative estimate of drug-likeness (QED) is 0.492. The van der Waals surface area contributed by atoms with E-state index in [1.165, 1.54) is 0 Å². The molecule has 1 amide bonds. The summed E-state index contributed by atoms with van der Waals surface area (Å²) in [6, 6.07) is 0. The third-order valence-electron chi connectivity index (χ3n) is 2.87. The maximum Gasteiger partial charge on any atom is 0.224 e. The second-order valence-corrected chi connectivity index (χ2v) is 4.22. The second-order valence-electron chi connectivity index (χ2n) is 4.22. The Balaban J connectivity index is 2.04. The average molecular weight is 226 g/mol. The minimum atomic E-state index is 0.119. The Hall–Kier alpha value is -0.870. The zero-order valence-electron chi connectivity index (χ0n) is 10.00. The van der Waals surface area contributed by atoms with Gasteiger partial charge in [0.2, 0.25) is 5.91 Å². The molecule has 2 atom stereocenters. The lowest BCUT2D eigenvalue weighted by atomic mass is 9.97. The zero-order chi connectivity index (χ0) is 11.8. The van der Waals surface area contributed by atoms with Crippen molar-refractivity contribution < 1.29 is 9.53 Å². The molecular weight excluding hydrogens is 204 g/mol. The Morgan fingerprint density at radius 3 is 3.00 bits per heavy atom. The Bertz CT molecular complexity index is 231. The van der Waals surface area contributed by atoms with Crippen molar-refractivity contribution >= 4 is 5.91 Å². The summed E-state index contributed by atoms with van der Waals surface area (Å²) in [6.07, 6.45) is 2.68. The standard InChI is InChI=1S/C12H22N2O2/c1-3-4-6-16-7-5-14-12(15)11-9-13-8-10(11)2/h3,10-11,13H,1,4-9H2,2H3,(H,14,15). The molecule has 1 aliphatic heterocycles. The van der Waals surface area contributed by atoms with E-state index in [1.54, 1.807) is 0 Å². The van der Waals surface area contributed by atoms with Gasteiger partial charge in [-0.1, -0.05) is 13.0 Å². The van der Waals surface area contributed by atoms with Gasteiger partial charge >= 0.3 is 0 Å². The fourth-order valence-corrected chi connectivity index (χ4v) is 1.81. The lowest BCUT2D eigenvalue weighted by Gasteiger charge is -2.14. The van der Waals surface area contributed by atoms with Crippen LogP contribution >= 0.6 is 0 Å². The van der Waals surface area contributed by atoms with E-state index in [0.29, 0.717) is 25.7 Å². The highest BCUT2D eigenvalue weighted by Crippen LogP contribution is 2.15. The molecule has 1 aliphatic rings. The third kappa shape index (κ3) is 4.33. The highest BCUT2D eigenvalue weighted by molar-refractivity contribution is 5.79. The summed E-state index contributed by atoms with van der Waals surface area (Å²) in [4.78, 5) is 11.7. The highest BCUT2D eigenvalue weighted by atomic mass is 16.5. The van der Waals surface area contributed by atoms with Crippen LogP contribution < -0.4 is 10.6 Å². The first-order valence-electron chi connectivity index (χ1n) is 5.92. The molecule has 0 radical (unpaired) electrons. The molecule has 0 spiro atoms. The van der Waals surface area contributed by atoms with Gasteiger partial charge in [0.25, 0.3) is 0 Å². The van der Waals surface area contributed by atoms with E-state index in [-0.39, 0.29) is 11.8 Å². The molecular formula is C12H22N2O2. The van der Waals surface area contributed by atoms with E-state index >= 15 is 0 Å². The van der Waals surface area contributed by atoms with Gasteiger partial charge < -0.3 is 15.4 Å². The number of carbonyl (C=O) groups excluding carboxylic acids is 1. The molecule has 0 aromatic carbocycles. The van der Waals surface area contributed by atoms with Gasteiger partial charge in [0.15, 0.2) is 0 Å². The number of carbonyl (C=O) groups is 1. The largest absolute Gasteiger partial charge is 0.379 e. The van der Waals surface area contributed by atoms with Crippen molar-refractivity contribution in [1.29, 1.82) is 0 Å². The van der Waals surface area contributed by atoms with Crippen molar-refractivity contribution in [1.82, 2.24) is 10.6 Å². The molecule has 1 saturated heterocycles. The van der Waals surface area contributed by atoms with E-state index < -0.39 is 0 Å². The molecule has 2 unspecified atom stereocenters. The topological polar surface area (TPSA) is 50.4 Å². The zero-order valence-corrected chi connectivity index (χ0v) is 10.00. The van der Waals surface area contributed by atoms with Gasteiger partial charge in [-0.3, -0.25) is 4.79 Å². The average Bonchev–Trinajstić information content (AvgIpc) is 2.69. The van der Waals surface area contributed by atoms with Gasteiger partial charge in [-0.2, -0.15) is 0 Å². The molecule has 1 rings (SSSR count). The maximum absolute atomic E-state index is 11.7. The predicted molar refractivity (Wildman–Crippen MR) is 64.2 cm³/mol. The van der Waals surface area contributed by atoms with E-state index in [9.17, 15) is 4.79 Å². The molecule has 0 aliphatic carbocycles. The van der Waals surface area contributed by atoms with Gasteiger partial charge in [-0.25, -0.2) is 0 Å². The number of amides is 1. The summed E-state index contributed by atoms with van der Waals surface area (Å²) < 4.78 is 5.31. The van der Waals surface area contributed by atoms with Gasteiger partial charge in [0.1, 0.15) is 0 Å². The van der Waals surface area contributed by atoms with Gasteiger partial charge in [0, 0.05) is 13.1 Å². The van der Waals surface area contributed by atoms with Crippen LogP contribution in [0.25, 0.3) is 0 Å². The lowest BCUT2D eigenvalue weighted by Crippen LogP contribution is -2.36. The van der Waals surface area contributed by atoms with E-state index in [0.717, 1.165) is 19.5 Å². The first-order valence-corrected chi connectivity index (χ1v) is 5.92. The Morgan fingerprint density at radius 1 is 1.56 bits per heavy atom. The van der Waals surface area contributed by atoms with Crippen LogP contribution in [0.3, 0.4) is 0 Å². The normalized spacial score (nSPS) is 24.3. The van der Waals surface area contributed by atoms with Crippen LogP contribution in [0.15, 0.2) is 12.7 Å². The van der Waals surface area contributed by atoms with Crippen molar-refractivity contribution in [3.05, 3.63) is 12.7 Å². The minimum absolute atomic E-state index is 0.119. The third-order valence-corrected chi connectivity index (χ3v) is 2.87. The molecule has 2 N–H and O–H groups in total. The lowest BCUT2D eigenvalue weighted by molar-refractivity contribution is -0.125. The predicted octanol–water partition coefficient (Wildman–Crippen LogP) is 0.551. The molecule has 0 aromatic heterocycles. The fourth-order valence-electron chi connectivity index (χ4n) is 1.81. The maximum atomic E-state index is 11.7. The summed E-state index contributed by atoms with van der Waals surface area (Å²) in [5.41, 5.74) is 0. The molecule has 4 nitrogen and oxygen atoms in total. The summed E-state index contributed by atoms with van der Waals surface area (Å²) >= 11 is 0. The number of hydrogen-bond donors (Lipinski definition) is 2. The van der Waals surface area contributed by atoms with Crippen LogP contribution in [0.2, 0.25) is 0 Å². The van der Waals surface area contributed by atoms with Crippen LogP contribution in [0.1, 0.15) is 13.3 Å². The smallest absolute Gasteiger partial charge is 0.224 e. The van der Waals surface area contributed by atoms with Gasteiger partial charge in [0.05, 0.1) is 19.1 Å². The summed E-state index contributed by atoms with van der Waals surface area (Å²) in [5.74, 6) is 0.694. The monoisotopic (exact) mass is 226 g/mol. The van der Waals surface area contributed by atoms with Crippen LogP contribution in [-0.4, -0.2) is 38.8 Å². The van der Waals surface area contributed by atoms with Gasteiger partial charge in [-0.15, -0.1) is 6.58 Å². The van der Waals surface area contributed by atoms with Crippen molar-refractivity contribution in [2.45, 2.75) is 13.3 Å². The number of rotatable bonds is 7.